The Morgan fingerprint density at radius 3 is 2.86 bits per heavy atom. The minimum Gasteiger partial charge on any atom is -0.379 e. The number of carbonyl (C=O) groups is 1. The molecule has 1 saturated heterocycles. The van der Waals surface area contributed by atoms with Crippen molar-refractivity contribution < 1.29 is 9.53 Å². The minimum absolute atomic E-state index is 0.0547. The van der Waals surface area contributed by atoms with Crippen molar-refractivity contribution in [3.8, 4) is 6.07 Å². The second-order valence-electron chi connectivity index (χ2n) is 6.37. The number of hydrogen-bond donors (Lipinski definition) is 1. The van der Waals surface area contributed by atoms with Crippen LogP contribution in [0.4, 0.5) is 0 Å². The molecule has 0 aromatic carbocycles. The number of thiophene rings is 1. The third-order valence-electron chi connectivity index (χ3n) is 4.43. The lowest BCUT2D eigenvalue weighted by Crippen LogP contribution is -2.42. The molecule has 0 unspecified atom stereocenters. The Kier molecular flexibility index (Phi) is 7.55. The van der Waals surface area contributed by atoms with E-state index in [-0.39, 0.29) is 17.7 Å². The summed E-state index contributed by atoms with van der Waals surface area (Å²) in [5, 5.41) is 16.3. The summed E-state index contributed by atoms with van der Waals surface area (Å²) in [5.41, 5.74) is 0.630. The summed E-state index contributed by atoms with van der Waals surface area (Å²) in [6.07, 6.45) is 3.36. The SMILES string of the molecule is C=CCn1c(=O)/c(=C\c2ccsc2)s/c1=C(\C#N)C(=O)NCCN1CCOCC1. The Morgan fingerprint density at radius 1 is 1.41 bits per heavy atom. The molecule has 9 heteroatoms. The molecule has 0 bridgehead atoms. The van der Waals surface area contributed by atoms with E-state index in [9.17, 15) is 14.9 Å². The fourth-order valence-corrected chi connectivity index (χ4v) is 4.67. The molecule has 29 heavy (non-hydrogen) atoms. The fraction of sp³-hybridized carbons (Fsp3) is 0.350. The summed E-state index contributed by atoms with van der Waals surface area (Å²) in [7, 11) is 0. The van der Waals surface area contributed by atoms with Gasteiger partial charge in [0.2, 0.25) is 0 Å². The van der Waals surface area contributed by atoms with Gasteiger partial charge in [-0.25, -0.2) is 0 Å². The van der Waals surface area contributed by atoms with Crippen molar-refractivity contribution in [3.63, 3.8) is 0 Å². The number of morpholine rings is 1. The number of hydrogen-bond acceptors (Lipinski definition) is 7. The Hall–Kier alpha value is -2.51. The normalized spacial score (nSPS) is 16.3. The molecular weight excluding hydrogens is 408 g/mol. The largest absolute Gasteiger partial charge is 0.379 e. The van der Waals surface area contributed by atoms with E-state index < -0.39 is 5.91 Å². The summed E-state index contributed by atoms with van der Waals surface area (Å²) in [6.45, 7) is 8.07. The predicted molar refractivity (Wildman–Crippen MR) is 115 cm³/mol. The quantitative estimate of drug-likeness (QED) is 0.630. The zero-order valence-corrected chi connectivity index (χ0v) is 17.6. The van der Waals surface area contributed by atoms with Gasteiger partial charge in [0, 0.05) is 32.7 Å². The highest BCUT2D eigenvalue weighted by atomic mass is 32.1. The summed E-state index contributed by atoms with van der Waals surface area (Å²) in [5.74, 6) is -0.470. The molecule has 1 N–H and O–H groups in total. The van der Waals surface area contributed by atoms with Gasteiger partial charge in [-0.15, -0.1) is 17.9 Å². The molecule has 0 saturated carbocycles. The van der Waals surface area contributed by atoms with Crippen LogP contribution in [0, 0.1) is 11.3 Å². The maximum absolute atomic E-state index is 12.8. The smallest absolute Gasteiger partial charge is 0.269 e. The van der Waals surface area contributed by atoms with Crippen LogP contribution >= 0.6 is 22.7 Å². The number of aromatic nitrogens is 1. The van der Waals surface area contributed by atoms with Crippen LogP contribution in [0.2, 0.25) is 0 Å². The topological polar surface area (TPSA) is 87.4 Å². The Morgan fingerprint density at radius 2 is 2.21 bits per heavy atom. The molecule has 0 spiro atoms. The molecule has 1 aliphatic heterocycles. The molecule has 2 aromatic heterocycles. The average molecular weight is 431 g/mol. The van der Waals surface area contributed by atoms with Crippen LogP contribution in [0.5, 0.6) is 0 Å². The molecule has 0 radical (unpaired) electrons. The van der Waals surface area contributed by atoms with Gasteiger partial charge < -0.3 is 10.1 Å². The van der Waals surface area contributed by atoms with Crippen molar-refractivity contribution in [1.29, 1.82) is 5.26 Å². The second kappa shape index (κ2) is 10.3. The molecule has 3 heterocycles. The summed E-state index contributed by atoms with van der Waals surface area (Å²) in [4.78, 5) is 27.6. The van der Waals surface area contributed by atoms with Gasteiger partial charge in [0.15, 0.2) is 5.57 Å². The first-order valence-corrected chi connectivity index (χ1v) is 11.0. The van der Waals surface area contributed by atoms with Crippen LogP contribution in [0.25, 0.3) is 11.6 Å². The lowest BCUT2D eigenvalue weighted by molar-refractivity contribution is -0.115. The Balaban J connectivity index is 1.89. The van der Waals surface area contributed by atoms with Crippen LogP contribution in [-0.4, -0.2) is 54.8 Å². The molecule has 0 aliphatic carbocycles. The summed E-state index contributed by atoms with van der Waals surface area (Å²) in [6, 6.07) is 3.89. The number of nitrogens with one attached hydrogen (secondary N) is 1. The lowest BCUT2D eigenvalue weighted by Gasteiger charge is -2.26. The van der Waals surface area contributed by atoms with Crippen LogP contribution in [0.3, 0.4) is 0 Å². The Bertz CT molecular complexity index is 1070. The monoisotopic (exact) mass is 430 g/mol. The van der Waals surface area contributed by atoms with Crippen molar-refractivity contribution in [2.24, 2.45) is 0 Å². The molecule has 2 aromatic rings. The molecule has 0 atom stereocenters. The first kappa shape index (κ1) is 21.2. The van der Waals surface area contributed by atoms with E-state index in [2.05, 4.69) is 16.8 Å². The number of thiazole rings is 1. The molecule has 7 nitrogen and oxygen atoms in total. The average Bonchev–Trinajstić information content (AvgIpc) is 3.34. The van der Waals surface area contributed by atoms with Crippen molar-refractivity contribution >= 4 is 40.2 Å². The number of allylic oxidation sites excluding steroid dienone is 1. The molecule has 1 fully saturated rings. The van der Waals surface area contributed by atoms with Crippen molar-refractivity contribution in [2.45, 2.75) is 6.54 Å². The number of amides is 1. The van der Waals surface area contributed by atoms with Crippen molar-refractivity contribution in [2.75, 3.05) is 39.4 Å². The Labute approximate surface area is 176 Å². The van der Waals surface area contributed by atoms with Crippen molar-refractivity contribution in [3.05, 3.63) is 54.6 Å². The zero-order chi connectivity index (χ0) is 20.6. The minimum atomic E-state index is -0.470. The summed E-state index contributed by atoms with van der Waals surface area (Å²) < 4.78 is 7.57. The van der Waals surface area contributed by atoms with Gasteiger partial charge in [0.05, 0.1) is 17.7 Å². The maximum Gasteiger partial charge on any atom is 0.269 e. The number of ether oxygens (including phenoxy) is 1. The van der Waals surface area contributed by atoms with Crippen LogP contribution in [-0.2, 0) is 16.1 Å². The van der Waals surface area contributed by atoms with E-state index in [0.29, 0.717) is 35.5 Å². The fourth-order valence-electron chi connectivity index (χ4n) is 2.95. The van der Waals surface area contributed by atoms with Gasteiger partial charge in [-0.1, -0.05) is 6.08 Å². The van der Waals surface area contributed by atoms with Gasteiger partial charge in [-0.2, -0.15) is 16.6 Å². The first-order chi connectivity index (χ1) is 14.1. The molecule has 1 aliphatic rings. The van der Waals surface area contributed by atoms with E-state index in [0.717, 1.165) is 30.0 Å². The maximum atomic E-state index is 12.8. The van der Waals surface area contributed by atoms with Gasteiger partial charge >= 0.3 is 0 Å². The van der Waals surface area contributed by atoms with E-state index in [1.807, 2.05) is 22.9 Å². The van der Waals surface area contributed by atoms with E-state index in [4.69, 9.17) is 4.74 Å². The van der Waals surface area contributed by atoms with Crippen LogP contribution in [0.15, 0.2) is 34.3 Å². The lowest BCUT2D eigenvalue weighted by atomic mass is 10.3. The number of nitriles is 1. The van der Waals surface area contributed by atoms with Gasteiger partial charge in [-0.05, 0) is 28.5 Å². The molecule has 3 rings (SSSR count). The van der Waals surface area contributed by atoms with Crippen LogP contribution in [0.1, 0.15) is 5.56 Å². The zero-order valence-electron chi connectivity index (χ0n) is 15.9. The standard InChI is InChI=1S/C20H22N4O3S2/c1-2-5-24-19(26)17(12-15-3-11-28-14-15)29-20(24)16(13-21)18(25)22-4-6-23-7-9-27-10-8-23/h2-3,11-12,14H,1,4-10H2,(H,22,25)/b17-12+,20-16+. The van der Waals surface area contributed by atoms with Crippen molar-refractivity contribution in [1.82, 2.24) is 14.8 Å². The van der Waals surface area contributed by atoms with E-state index in [1.54, 1.807) is 12.2 Å². The van der Waals surface area contributed by atoms with E-state index in [1.165, 1.54) is 15.9 Å². The molecule has 1 amide bonds. The second-order valence-corrected chi connectivity index (χ2v) is 8.18. The van der Waals surface area contributed by atoms with E-state index >= 15 is 0 Å². The van der Waals surface area contributed by atoms with Crippen LogP contribution < -0.4 is 20.1 Å². The highest BCUT2D eigenvalue weighted by Gasteiger charge is 2.16. The predicted octanol–water partition coefficient (Wildman–Crippen LogP) is 0.109. The summed E-state index contributed by atoms with van der Waals surface area (Å²) >= 11 is 2.69. The number of rotatable bonds is 7. The van der Waals surface area contributed by atoms with Gasteiger partial charge in [0.25, 0.3) is 11.5 Å². The van der Waals surface area contributed by atoms with Gasteiger partial charge in [-0.3, -0.25) is 19.1 Å². The third kappa shape index (κ3) is 5.31. The highest BCUT2D eigenvalue weighted by Crippen LogP contribution is 2.06. The number of carbonyl (C=O) groups excluding carboxylic acids is 1. The van der Waals surface area contributed by atoms with Gasteiger partial charge in [0.1, 0.15) is 10.7 Å². The molecule has 152 valence electrons. The first-order valence-electron chi connectivity index (χ1n) is 9.21. The molecular formula is C20H22N4O3S2. The third-order valence-corrected chi connectivity index (χ3v) is 6.26. The number of nitrogens with zero attached hydrogens (tertiary/aromatic N) is 3. The highest BCUT2D eigenvalue weighted by molar-refractivity contribution is 7.08.